The van der Waals surface area contributed by atoms with Crippen LogP contribution in [0.1, 0.15) is 15.9 Å². The highest BCUT2D eigenvalue weighted by molar-refractivity contribution is 5.94. The van der Waals surface area contributed by atoms with E-state index in [1.54, 1.807) is 12.1 Å². The van der Waals surface area contributed by atoms with E-state index in [1.807, 2.05) is 24.3 Å². The quantitative estimate of drug-likeness (QED) is 0.773. The van der Waals surface area contributed by atoms with Gasteiger partial charge >= 0.3 is 0 Å². The van der Waals surface area contributed by atoms with Gasteiger partial charge in [-0.25, -0.2) is 4.98 Å². The Bertz CT molecular complexity index is 776. The second-order valence-corrected chi connectivity index (χ2v) is 4.79. The monoisotopic (exact) mass is 277 g/mol. The lowest BCUT2D eigenvalue weighted by Crippen LogP contribution is -2.23. The molecule has 0 spiro atoms. The van der Waals surface area contributed by atoms with Crippen molar-refractivity contribution in [1.82, 2.24) is 10.3 Å². The zero-order valence-electron chi connectivity index (χ0n) is 11.4. The van der Waals surface area contributed by atoms with Crippen LogP contribution in [0.15, 0.2) is 60.8 Å². The van der Waals surface area contributed by atoms with Crippen molar-refractivity contribution in [2.24, 2.45) is 0 Å². The number of benzene rings is 2. The first kappa shape index (κ1) is 13.1. The third-order valence-electron chi connectivity index (χ3n) is 3.37. The number of fused-ring (bicyclic) bond motifs is 1. The molecule has 1 aromatic heterocycles. The fourth-order valence-corrected chi connectivity index (χ4v) is 2.26. The first-order valence-electron chi connectivity index (χ1n) is 6.70. The van der Waals surface area contributed by atoms with Gasteiger partial charge in [-0.1, -0.05) is 42.5 Å². The van der Waals surface area contributed by atoms with Crippen molar-refractivity contribution in [1.29, 1.82) is 0 Å². The van der Waals surface area contributed by atoms with E-state index in [2.05, 4.69) is 28.5 Å². The van der Waals surface area contributed by atoms with Crippen molar-refractivity contribution in [3.63, 3.8) is 0 Å². The van der Waals surface area contributed by atoms with Crippen LogP contribution in [-0.4, -0.2) is 10.9 Å². The standard InChI is InChI=1S/C17H15N3O/c18-16-9-8-14(11-19-16)17(21)20-10-13-6-3-5-12-4-1-2-7-15(12)13/h1-9,11H,10H2,(H2,18,19)(H,20,21). The second kappa shape index (κ2) is 5.63. The third-order valence-corrected chi connectivity index (χ3v) is 3.37. The van der Waals surface area contributed by atoms with Gasteiger partial charge in [-0.3, -0.25) is 4.79 Å². The number of carbonyl (C=O) groups is 1. The topological polar surface area (TPSA) is 68.0 Å². The number of nitrogens with one attached hydrogen (secondary N) is 1. The smallest absolute Gasteiger partial charge is 0.253 e. The van der Waals surface area contributed by atoms with Crippen molar-refractivity contribution in [2.75, 3.05) is 5.73 Å². The molecule has 0 aliphatic rings. The van der Waals surface area contributed by atoms with Crippen molar-refractivity contribution < 1.29 is 4.79 Å². The summed E-state index contributed by atoms with van der Waals surface area (Å²) in [6.45, 7) is 0.477. The molecule has 3 rings (SSSR count). The van der Waals surface area contributed by atoms with E-state index in [0.717, 1.165) is 10.9 Å². The summed E-state index contributed by atoms with van der Waals surface area (Å²) in [5, 5.41) is 5.22. The molecule has 0 radical (unpaired) electrons. The predicted molar refractivity (Wildman–Crippen MR) is 83.8 cm³/mol. The van der Waals surface area contributed by atoms with Gasteiger partial charge in [0, 0.05) is 12.7 Å². The van der Waals surface area contributed by atoms with E-state index in [-0.39, 0.29) is 5.91 Å². The molecule has 0 saturated carbocycles. The van der Waals surface area contributed by atoms with Crippen LogP contribution in [0.25, 0.3) is 10.8 Å². The van der Waals surface area contributed by atoms with Crippen LogP contribution < -0.4 is 11.1 Å². The molecule has 0 aliphatic carbocycles. The Labute approximate surface area is 122 Å². The highest BCUT2D eigenvalue weighted by atomic mass is 16.1. The van der Waals surface area contributed by atoms with Crippen molar-refractivity contribution >= 4 is 22.5 Å². The number of hydrogen-bond donors (Lipinski definition) is 2. The first-order chi connectivity index (χ1) is 10.2. The lowest BCUT2D eigenvalue weighted by Gasteiger charge is -2.08. The van der Waals surface area contributed by atoms with Gasteiger partial charge in [-0.2, -0.15) is 0 Å². The lowest BCUT2D eigenvalue weighted by molar-refractivity contribution is 0.0951. The number of amides is 1. The minimum atomic E-state index is -0.157. The zero-order chi connectivity index (χ0) is 14.7. The van der Waals surface area contributed by atoms with Crippen LogP contribution in [0.3, 0.4) is 0 Å². The molecule has 3 aromatic rings. The number of nitrogens with zero attached hydrogens (tertiary/aromatic N) is 1. The van der Waals surface area contributed by atoms with Crippen molar-refractivity contribution in [2.45, 2.75) is 6.54 Å². The molecule has 0 atom stereocenters. The van der Waals surface area contributed by atoms with E-state index in [1.165, 1.54) is 11.6 Å². The summed E-state index contributed by atoms with van der Waals surface area (Å²) in [5.41, 5.74) is 7.10. The molecule has 2 aromatic carbocycles. The SMILES string of the molecule is Nc1ccc(C(=O)NCc2cccc3ccccc23)cn1. The van der Waals surface area contributed by atoms with E-state index < -0.39 is 0 Å². The van der Waals surface area contributed by atoms with Gasteiger partial charge in [-0.15, -0.1) is 0 Å². The fraction of sp³-hybridized carbons (Fsp3) is 0.0588. The van der Waals surface area contributed by atoms with Gasteiger partial charge in [0.1, 0.15) is 5.82 Å². The number of carbonyl (C=O) groups excluding carboxylic acids is 1. The van der Waals surface area contributed by atoms with Gasteiger partial charge < -0.3 is 11.1 Å². The Morgan fingerprint density at radius 1 is 1.05 bits per heavy atom. The van der Waals surface area contributed by atoms with Crippen LogP contribution in [0.4, 0.5) is 5.82 Å². The number of rotatable bonds is 3. The maximum Gasteiger partial charge on any atom is 0.253 e. The molecule has 21 heavy (non-hydrogen) atoms. The fourth-order valence-electron chi connectivity index (χ4n) is 2.26. The largest absolute Gasteiger partial charge is 0.384 e. The minimum Gasteiger partial charge on any atom is -0.384 e. The van der Waals surface area contributed by atoms with Gasteiger partial charge in [0.15, 0.2) is 0 Å². The van der Waals surface area contributed by atoms with E-state index >= 15 is 0 Å². The number of nitrogens with two attached hydrogens (primary N) is 1. The summed E-state index contributed by atoms with van der Waals surface area (Å²) in [6.07, 6.45) is 1.48. The molecular weight excluding hydrogens is 262 g/mol. The molecule has 0 aliphatic heterocycles. The molecule has 0 fully saturated rings. The van der Waals surface area contributed by atoms with Crippen molar-refractivity contribution in [3.05, 3.63) is 71.9 Å². The van der Waals surface area contributed by atoms with Crippen LogP contribution in [0.5, 0.6) is 0 Å². The highest BCUT2D eigenvalue weighted by Crippen LogP contribution is 2.18. The molecular formula is C17H15N3O. The maximum absolute atomic E-state index is 12.1. The summed E-state index contributed by atoms with van der Waals surface area (Å²) >= 11 is 0. The highest BCUT2D eigenvalue weighted by Gasteiger charge is 2.06. The average Bonchev–Trinajstić information content (AvgIpc) is 2.53. The summed E-state index contributed by atoms with van der Waals surface area (Å²) in [4.78, 5) is 16.0. The van der Waals surface area contributed by atoms with E-state index in [0.29, 0.717) is 17.9 Å². The van der Waals surface area contributed by atoms with Gasteiger partial charge in [-0.05, 0) is 28.5 Å². The summed E-state index contributed by atoms with van der Waals surface area (Å²) in [7, 11) is 0. The maximum atomic E-state index is 12.1. The number of pyridine rings is 1. The normalized spacial score (nSPS) is 10.5. The Hall–Kier alpha value is -2.88. The summed E-state index contributed by atoms with van der Waals surface area (Å²) < 4.78 is 0. The molecule has 4 heteroatoms. The second-order valence-electron chi connectivity index (χ2n) is 4.79. The predicted octanol–water partition coefficient (Wildman–Crippen LogP) is 2.75. The molecule has 3 N–H and O–H groups in total. The molecule has 1 heterocycles. The molecule has 0 saturated heterocycles. The van der Waals surface area contributed by atoms with Gasteiger partial charge in [0.05, 0.1) is 5.56 Å². The first-order valence-corrected chi connectivity index (χ1v) is 6.70. The molecule has 104 valence electrons. The Balaban J connectivity index is 1.77. The van der Waals surface area contributed by atoms with Crippen LogP contribution in [-0.2, 0) is 6.54 Å². The van der Waals surface area contributed by atoms with E-state index in [9.17, 15) is 4.79 Å². The molecule has 0 unspecified atom stereocenters. The average molecular weight is 277 g/mol. The Morgan fingerprint density at radius 2 is 1.86 bits per heavy atom. The number of aromatic nitrogens is 1. The zero-order valence-corrected chi connectivity index (χ0v) is 11.4. The number of nitrogen functional groups attached to an aromatic ring is 1. The Morgan fingerprint density at radius 3 is 2.67 bits per heavy atom. The minimum absolute atomic E-state index is 0.157. The summed E-state index contributed by atoms with van der Waals surface area (Å²) in [6, 6.07) is 17.5. The molecule has 1 amide bonds. The lowest BCUT2D eigenvalue weighted by atomic mass is 10.0. The van der Waals surface area contributed by atoms with Crippen LogP contribution in [0, 0.1) is 0 Å². The van der Waals surface area contributed by atoms with Crippen LogP contribution >= 0.6 is 0 Å². The van der Waals surface area contributed by atoms with E-state index in [4.69, 9.17) is 5.73 Å². The number of anilines is 1. The molecule has 0 bridgehead atoms. The van der Waals surface area contributed by atoms with Gasteiger partial charge in [0.25, 0.3) is 5.91 Å². The summed E-state index contributed by atoms with van der Waals surface area (Å²) in [5.74, 6) is 0.246. The van der Waals surface area contributed by atoms with Gasteiger partial charge in [0.2, 0.25) is 0 Å². The van der Waals surface area contributed by atoms with Crippen molar-refractivity contribution in [3.8, 4) is 0 Å². The molecule has 4 nitrogen and oxygen atoms in total. The Kier molecular flexibility index (Phi) is 3.51. The number of hydrogen-bond acceptors (Lipinski definition) is 3. The third kappa shape index (κ3) is 2.84. The van der Waals surface area contributed by atoms with Crippen LogP contribution in [0.2, 0.25) is 0 Å².